The van der Waals surface area contributed by atoms with Crippen LogP contribution in [0, 0.1) is 0 Å². The van der Waals surface area contributed by atoms with Gasteiger partial charge in [-0.3, -0.25) is 4.79 Å². The maximum absolute atomic E-state index is 12.7. The first-order valence-corrected chi connectivity index (χ1v) is 7.58. The fourth-order valence-electron chi connectivity index (χ4n) is 3.11. The number of anilines is 1. The Kier molecular flexibility index (Phi) is 3.22. The molecule has 0 fully saturated rings. The zero-order valence-electron chi connectivity index (χ0n) is 12.2. The number of fused-ring (bicyclic) bond motifs is 2. The highest BCUT2D eigenvalue weighted by atomic mass is 16.7. The average Bonchev–Trinajstić information content (AvgIpc) is 3.02. The van der Waals surface area contributed by atoms with E-state index in [1.165, 1.54) is 5.56 Å². The molecule has 1 amide bonds. The highest BCUT2D eigenvalue weighted by Gasteiger charge is 2.23. The lowest BCUT2D eigenvalue weighted by molar-refractivity contribution is -0.118. The zero-order valence-corrected chi connectivity index (χ0v) is 12.2. The molecule has 112 valence electrons. The van der Waals surface area contributed by atoms with Crippen LogP contribution in [-0.2, 0) is 17.6 Å². The molecule has 0 aliphatic carbocycles. The third-order valence-corrected chi connectivity index (χ3v) is 4.20. The van der Waals surface area contributed by atoms with Crippen molar-refractivity contribution in [2.75, 3.05) is 18.2 Å². The van der Waals surface area contributed by atoms with E-state index >= 15 is 0 Å². The predicted octanol–water partition coefficient (Wildman–Crippen LogP) is 2.94. The van der Waals surface area contributed by atoms with Crippen molar-refractivity contribution in [2.45, 2.75) is 19.3 Å². The van der Waals surface area contributed by atoms with Gasteiger partial charge >= 0.3 is 0 Å². The normalized spacial score (nSPS) is 15.5. The first-order valence-electron chi connectivity index (χ1n) is 7.58. The monoisotopic (exact) mass is 295 g/mol. The molecule has 0 unspecified atom stereocenters. The van der Waals surface area contributed by atoms with E-state index in [0.29, 0.717) is 6.42 Å². The van der Waals surface area contributed by atoms with Gasteiger partial charge in [0.15, 0.2) is 11.5 Å². The number of carbonyl (C=O) groups is 1. The van der Waals surface area contributed by atoms with Crippen LogP contribution in [0.3, 0.4) is 0 Å². The van der Waals surface area contributed by atoms with Crippen molar-refractivity contribution in [3.8, 4) is 11.5 Å². The van der Waals surface area contributed by atoms with Gasteiger partial charge in [-0.15, -0.1) is 0 Å². The summed E-state index contributed by atoms with van der Waals surface area (Å²) in [6.07, 6.45) is 2.44. The van der Waals surface area contributed by atoms with Gasteiger partial charge in [-0.25, -0.2) is 0 Å². The second kappa shape index (κ2) is 5.37. The molecule has 0 aromatic heterocycles. The number of benzene rings is 2. The number of ether oxygens (including phenoxy) is 2. The molecule has 22 heavy (non-hydrogen) atoms. The molecule has 2 aromatic carbocycles. The van der Waals surface area contributed by atoms with E-state index in [1.807, 2.05) is 41.3 Å². The van der Waals surface area contributed by atoms with Gasteiger partial charge in [0.2, 0.25) is 12.7 Å². The van der Waals surface area contributed by atoms with Gasteiger partial charge in [0, 0.05) is 12.2 Å². The number of hydrogen-bond acceptors (Lipinski definition) is 3. The molecule has 0 bridgehead atoms. The van der Waals surface area contributed by atoms with Gasteiger partial charge in [0.1, 0.15) is 0 Å². The summed E-state index contributed by atoms with van der Waals surface area (Å²) in [5, 5.41) is 0. The number of amides is 1. The van der Waals surface area contributed by atoms with Crippen molar-refractivity contribution in [3.05, 3.63) is 53.6 Å². The van der Waals surface area contributed by atoms with Crippen LogP contribution in [0.5, 0.6) is 11.5 Å². The van der Waals surface area contributed by atoms with E-state index in [2.05, 4.69) is 6.07 Å². The maximum Gasteiger partial charge on any atom is 0.231 e. The summed E-state index contributed by atoms with van der Waals surface area (Å²) in [5.41, 5.74) is 3.27. The van der Waals surface area contributed by atoms with E-state index in [9.17, 15) is 4.79 Å². The molecule has 4 nitrogen and oxygen atoms in total. The molecule has 0 atom stereocenters. The van der Waals surface area contributed by atoms with E-state index in [0.717, 1.165) is 42.1 Å². The molecule has 2 aliphatic heterocycles. The quantitative estimate of drug-likeness (QED) is 0.855. The summed E-state index contributed by atoms with van der Waals surface area (Å²) < 4.78 is 10.7. The number of aryl methyl sites for hydroxylation is 1. The average molecular weight is 295 g/mol. The third-order valence-electron chi connectivity index (χ3n) is 4.20. The molecule has 4 rings (SSSR count). The Morgan fingerprint density at radius 2 is 1.95 bits per heavy atom. The Morgan fingerprint density at radius 1 is 1.09 bits per heavy atom. The lowest BCUT2D eigenvalue weighted by atomic mass is 10.0. The van der Waals surface area contributed by atoms with Gasteiger partial charge in [-0.2, -0.15) is 0 Å². The lowest BCUT2D eigenvalue weighted by Gasteiger charge is -2.29. The second-order valence-corrected chi connectivity index (χ2v) is 5.64. The van der Waals surface area contributed by atoms with Gasteiger partial charge in [0.25, 0.3) is 0 Å². The SMILES string of the molecule is O=C(Cc1ccc2c(c1)OCO2)N1CCCc2ccccc21. The smallest absolute Gasteiger partial charge is 0.231 e. The Bertz CT molecular complexity index is 726. The molecule has 4 heteroatoms. The molecule has 2 aliphatic rings. The number of carbonyl (C=O) groups excluding carboxylic acids is 1. The predicted molar refractivity (Wildman–Crippen MR) is 83.4 cm³/mol. The Hall–Kier alpha value is -2.49. The molecule has 0 spiro atoms. The van der Waals surface area contributed by atoms with Crippen LogP contribution >= 0.6 is 0 Å². The van der Waals surface area contributed by atoms with Gasteiger partial charge in [-0.1, -0.05) is 24.3 Å². The van der Waals surface area contributed by atoms with Crippen LogP contribution in [0.4, 0.5) is 5.69 Å². The van der Waals surface area contributed by atoms with Gasteiger partial charge in [0.05, 0.1) is 6.42 Å². The van der Waals surface area contributed by atoms with Crippen LogP contribution in [0.25, 0.3) is 0 Å². The zero-order chi connectivity index (χ0) is 14.9. The summed E-state index contributed by atoms with van der Waals surface area (Å²) in [7, 11) is 0. The highest BCUT2D eigenvalue weighted by molar-refractivity contribution is 5.96. The van der Waals surface area contributed by atoms with E-state index in [1.54, 1.807) is 0 Å². The molecule has 0 saturated heterocycles. The fourth-order valence-corrected chi connectivity index (χ4v) is 3.11. The first-order chi connectivity index (χ1) is 10.8. The van der Waals surface area contributed by atoms with E-state index < -0.39 is 0 Å². The van der Waals surface area contributed by atoms with Crippen molar-refractivity contribution >= 4 is 11.6 Å². The minimum atomic E-state index is 0.131. The molecule has 0 N–H and O–H groups in total. The summed E-state index contributed by atoms with van der Waals surface area (Å²) in [5.74, 6) is 1.61. The van der Waals surface area contributed by atoms with Gasteiger partial charge in [-0.05, 0) is 42.2 Å². The summed E-state index contributed by atoms with van der Waals surface area (Å²) in [4.78, 5) is 14.6. The van der Waals surface area contributed by atoms with Crippen LogP contribution in [0.2, 0.25) is 0 Å². The van der Waals surface area contributed by atoms with Crippen LogP contribution in [0.1, 0.15) is 17.5 Å². The molecular formula is C18H17NO3. The van der Waals surface area contributed by atoms with Gasteiger partial charge < -0.3 is 14.4 Å². The summed E-state index contributed by atoms with van der Waals surface area (Å²) in [6.45, 7) is 1.05. The number of rotatable bonds is 2. The Labute approximate surface area is 129 Å². The van der Waals surface area contributed by atoms with Crippen molar-refractivity contribution in [2.24, 2.45) is 0 Å². The molecule has 0 radical (unpaired) electrons. The minimum absolute atomic E-state index is 0.131. The molecule has 2 heterocycles. The first kappa shape index (κ1) is 13.2. The Morgan fingerprint density at radius 3 is 2.91 bits per heavy atom. The van der Waals surface area contributed by atoms with Crippen molar-refractivity contribution in [1.29, 1.82) is 0 Å². The van der Waals surface area contributed by atoms with Crippen molar-refractivity contribution < 1.29 is 14.3 Å². The number of nitrogens with zero attached hydrogens (tertiary/aromatic N) is 1. The summed E-state index contributed by atoms with van der Waals surface area (Å²) in [6, 6.07) is 13.9. The largest absolute Gasteiger partial charge is 0.454 e. The second-order valence-electron chi connectivity index (χ2n) is 5.64. The standard InChI is InChI=1S/C18H17NO3/c20-18(11-13-7-8-16-17(10-13)22-12-21-16)19-9-3-5-14-4-1-2-6-15(14)19/h1-2,4,6-8,10H,3,5,9,11-12H2. The molecule has 0 saturated carbocycles. The number of hydrogen-bond donors (Lipinski definition) is 0. The third kappa shape index (κ3) is 2.30. The van der Waals surface area contributed by atoms with Crippen LogP contribution < -0.4 is 14.4 Å². The van der Waals surface area contributed by atoms with E-state index in [-0.39, 0.29) is 12.7 Å². The van der Waals surface area contributed by atoms with Crippen molar-refractivity contribution in [3.63, 3.8) is 0 Å². The summed E-state index contributed by atoms with van der Waals surface area (Å²) >= 11 is 0. The highest BCUT2D eigenvalue weighted by Crippen LogP contribution is 2.33. The fraction of sp³-hybridized carbons (Fsp3) is 0.278. The number of para-hydroxylation sites is 1. The maximum atomic E-state index is 12.7. The van der Waals surface area contributed by atoms with Crippen LogP contribution in [0.15, 0.2) is 42.5 Å². The Balaban J connectivity index is 1.56. The lowest BCUT2D eigenvalue weighted by Crippen LogP contribution is -2.36. The topological polar surface area (TPSA) is 38.8 Å². The van der Waals surface area contributed by atoms with E-state index in [4.69, 9.17) is 9.47 Å². The molecular weight excluding hydrogens is 278 g/mol. The van der Waals surface area contributed by atoms with Crippen molar-refractivity contribution in [1.82, 2.24) is 0 Å². The van der Waals surface area contributed by atoms with Crippen LogP contribution in [-0.4, -0.2) is 19.2 Å². The minimum Gasteiger partial charge on any atom is -0.454 e. The molecule has 2 aromatic rings.